The van der Waals surface area contributed by atoms with Crippen molar-refractivity contribution in [2.75, 3.05) is 0 Å². The molecule has 0 radical (unpaired) electrons. The van der Waals surface area contributed by atoms with E-state index in [1.54, 1.807) is 0 Å². The van der Waals surface area contributed by atoms with E-state index in [0.717, 1.165) is 50.4 Å². The summed E-state index contributed by atoms with van der Waals surface area (Å²) in [6.07, 6.45) is 5.97. The third-order valence-electron chi connectivity index (χ3n) is 15.9. The summed E-state index contributed by atoms with van der Waals surface area (Å²) >= 11 is 0. The van der Waals surface area contributed by atoms with E-state index < -0.39 is 10.8 Å². The molecule has 0 unspecified atom stereocenters. The van der Waals surface area contributed by atoms with Gasteiger partial charge in [-0.25, -0.2) is 4.98 Å². The van der Waals surface area contributed by atoms with Crippen LogP contribution in [-0.2, 0) is 53.6 Å². The Morgan fingerprint density at radius 1 is 0.442 bits per heavy atom. The van der Waals surface area contributed by atoms with Gasteiger partial charge in [0.25, 0.3) is 6.33 Å². The molecule has 0 amide bonds. The maximum absolute atomic E-state index is 6.93. The molecule has 10 rings (SSSR count). The van der Waals surface area contributed by atoms with E-state index in [0.29, 0.717) is 11.5 Å². The van der Waals surface area contributed by atoms with Crippen molar-refractivity contribution in [3.05, 3.63) is 245 Å². The third-order valence-corrected chi connectivity index (χ3v) is 15.9. The number of benzene rings is 7. The van der Waals surface area contributed by atoms with Crippen LogP contribution in [0, 0.1) is 18.5 Å². The second-order valence-corrected chi connectivity index (χ2v) is 25.5. The monoisotopic (exact) mass is 1190 g/mol. The Hall–Kier alpha value is -6.81. The van der Waals surface area contributed by atoms with Gasteiger partial charge < -0.3 is 13.9 Å². The van der Waals surface area contributed by atoms with E-state index in [2.05, 4.69) is 294 Å². The zero-order valence-corrected chi connectivity index (χ0v) is 50.0. The van der Waals surface area contributed by atoms with Crippen molar-refractivity contribution in [2.45, 2.75) is 136 Å². The molecule has 77 heavy (non-hydrogen) atoms. The summed E-state index contributed by atoms with van der Waals surface area (Å²) < 4.78 is 13.8. The van der Waals surface area contributed by atoms with Gasteiger partial charge in [0.15, 0.2) is 0 Å². The Morgan fingerprint density at radius 3 is 1.58 bits per heavy atom. The molecule has 0 aliphatic carbocycles. The minimum Gasteiger partial charge on any atom is -0.510 e. The molecular formula is C71H74N4OPt-2. The van der Waals surface area contributed by atoms with Crippen molar-refractivity contribution in [1.29, 1.82) is 0 Å². The Labute approximate surface area is 473 Å². The number of rotatable bonds is 11. The van der Waals surface area contributed by atoms with Crippen molar-refractivity contribution in [2.24, 2.45) is 0 Å². The predicted molar refractivity (Wildman–Crippen MR) is 314 cm³/mol. The van der Waals surface area contributed by atoms with Crippen LogP contribution in [0.15, 0.2) is 176 Å². The van der Waals surface area contributed by atoms with Gasteiger partial charge in [-0.3, -0.25) is 4.57 Å². The number of fused-ring (bicyclic) bond motifs is 3. The summed E-state index contributed by atoms with van der Waals surface area (Å²) in [6.45, 7) is 34.5. The Bertz CT molecular complexity index is 3750. The summed E-state index contributed by atoms with van der Waals surface area (Å²) in [5.41, 5.74) is 13.2. The van der Waals surface area contributed by atoms with Gasteiger partial charge in [0.05, 0.1) is 17.1 Å². The number of hydrogen-bond donors (Lipinski definition) is 0. The first-order valence-electron chi connectivity index (χ1n) is 27.0. The van der Waals surface area contributed by atoms with Crippen molar-refractivity contribution in [1.82, 2.24) is 14.1 Å². The fraction of sp³-hybridized carbons (Fsp3) is 0.296. The van der Waals surface area contributed by atoms with Gasteiger partial charge in [0.2, 0.25) is 0 Å². The van der Waals surface area contributed by atoms with Gasteiger partial charge >= 0.3 is 0 Å². The Balaban J connectivity index is 0.00000722. The smallest absolute Gasteiger partial charge is 0.267 e. The summed E-state index contributed by atoms with van der Waals surface area (Å²) in [5.74, 6) is 2.00. The van der Waals surface area contributed by atoms with Crippen LogP contribution in [0.3, 0.4) is 0 Å². The molecule has 0 aliphatic rings. The van der Waals surface area contributed by atoms with Crippen LogP contribution in [0.5, 0.6) is 11.5 Å². The number of ether oxygens (including phenoxy) is 1. The summed E-state index contributed by atoms with van der Waals surface area (Å²) in [4.78, 5) is 4.98. The summed E-state index contributed by atoms with van der Waals surface area (Å²) in [7, 11) is 0. The van der Waals surface area contributed by atoms with Gasteiger partial charge in [-0.2, -0.15) is 18.2 Å². The molecule has 396 valence electrons. The van der Waals surface area contributed by atoms with Gasteiger partial charge in [-0.05, 0) is 96.6 Å². The normalized spacial score (nSPS) is 12.8. The van der Waals surface area contributed by atoms with E-state index in [1.165, 1.54) is 38.9 Å². The van der Waals surface area contributed by atoms with Crippen molar-refractivity contribution in [3.63, 3.8) is 0 Å². The molecule has 0 N–H and O–H groups in total. The molecule has 0 fully saturated rings. The fourth-order valence-corrected chi connectivity index (χ4v) is 10.9. The second-order valence-electron chi connectivity index (χ2n) is 25.5. The summed E-state index contributed by atoms with van der Waals surface area (Å²) in [5, 5.41) is 2.25. The average Bonchev–Trinajstić information content (AvgIpc) is 4.09. The number of hydrogen-bond acceptors (Lipinski definition) is 2. The molecule has 0 atom stereocenters. The summed E-state index contributed by atoms with van der Waals surface area (Å²) in [6, 6.07) is 68.9. The Morgan fingerprint density at radius 2 is 0.987 bits per heavy atom. The van der Waals surface area contributed by atoms with Crippen LogP contribution in [-0.4, -0.2) is 14.1 Å². The molecule has 3 aromatic heterocycles. The van der Waals surface area contributed by atoms with E-state index in [-0.39, 0.29) is 42.7 Å². The van der Waals surface area contributed by atoms with Crippen LogP contribution in [0.4, 0.5) is 0 Å². The van der Waals surface area contributed by atoms with Crippen LogP contribution in [0.25, 0.3) is 39.0 Å². The van der Waals surface area contributed by atoms with E-state index in [9.17, 15) is 0 Å². The number of aromatic nitrogens is 4. The molecule has 3 heterocycles. The number of imidazole rings is 1. The van der Waals surface area contributed by atoms with Crippen LogP contribution < -0.4 is 9.30 Å². The average molecular weight is 1190 g/mol. The van der Waals surface area contributed by atoms with E-state index in [1.807, 2.05) is 18.3 Å². The molecule has 0 aliphatic heterocycles. The molecule has 0 spiro atoms. The number of pyridine rings is 1. The number of nitrogens with zero attached hydrogens (tertiary/aromatic N) is 4. The minimum atomic E-state index is -0.527. The molecule has 7 aromatic carbocycles. The van der Waals surface area contributed by atoms with E-state index >= 15 is 0 Å². The van der Waals surface area contributed by atoms with Gasteiger partial charge in [0, 0.05) is 60.5 Å². The zero-order valence-electron chi connectivity index (χ0n) is 47.8. The van der Waals surface area contributed by atoms with Gasteiger partial charge in [0.1, 0.15) is 5.82 Å². The third kappa shape index (κ3) is 10.4. The quantitative estimate of drug-likeness (QED) is 0.0956. The first-order chi connectivity index (χ1) is 35.8. The Kier molecular flexibility index (Phi) is 14.4. The predicted octanol–water partition coefficient (Wildman–Crippen LogP) is 17.3. The van der Waals surface area contributed by atoms with Crippen molar-refractivity contribution < 1.29 is 30.4 Å². The van der Waals surface area contributed by atoms with Crippen molar-refractivity contribution in [3.8, 4) is 28.7 Å². The van der Waals surface area contributed by atoms with E-state index in [4.69, 9.17) is 9.72 Å². The first kappa shape index (κ1) is 55.0. The minimum absolute atomic E-state index is 0. The topological polar surface area (TPSA) is 35.9 Å². The van der Waals surface area contributed by atoms with Gasteiger partial charge in [-0.15, -0.1) is 29.7 Å². The zero-order chi connectivity index (χ0) is 54.2. The molecule has 10 aromatic rings. The molecule has 6 heteroatoms. The molecular weight excluding hydrogens is 1120 g/mol. The maximum Gasteiger partial charge on any atom is 0.267 e. The first-order valence-corrected chi connectivity index (χ1v) is 27.0. The fourth-order valence-electron chi connectivity index (χ4n) is 10.9. The second kappa shape index (κ2) is 20.2. The van der Waals surface area contributed by atoms with Crippen LogP contribution in [0.1, 0.15) is 154 Å². The largest absolute Gasteiger partial charge is 0.510 e. The van der Waals surface area contributed by atoms with Crippen LogP contribution in [0.2, 0.25) is 0 Å². The molecule has 0 saturated heterocycles. The SMILES string of the molecule is CC(C)(C)c1cc(-[n+]2[c-]n(-c3[c-]c(Oc4[c-]c5c(cc4)c4cc(C(C)(C)C)ccc4n5-c4cc(C(C)(C)C)ccn4)ccc3)c(C(C)(C)c3ccccc3)c2C(C)(C)c2ccccc2)cc(C(C)(C)c2ccccc2)c1.[Pt]. The molecule has 0 bridgehead atoms. The molecule has 0 saturated carbocycles. The van der Waals surface area contributed by atoms with Gasteiger partial charge in [-0.1, -0.05) is 219 Å². The molecule has 5 nitrogen and oxygen atoms in total. The van der Waals surface area contributed by atoms with Crippen molar-refractivity contribution >= 4 is 21.8 Å². The standard InChI is InChI=1S/C71H74N4O.Pt/c1-66(2,3)51-34-37-61-60(43-51)59-36-35-58(46-62(59)75(61)63-44-52(38-39-72-63)67(4,5)6)76-57-33-25-32-55(45-57)73-47-74(56-41-53(68(7,8)9)40-54(42-56)69(10,11)48-26-19-16-20-27-48)65(71(14,15)50-30-23-18-24-31-50)64(73)70(12,13)49-28-21-17-22-29-49;/h16-44H,1-15H3;/q-2;. The maximum atomic E-state index is 6.93. The van der Waals surface area contributed by atoms with Crippen LogP contribution >= 0.6 is 0 Å².